The number of hydrogen-bond acceptors (Lipinski definition) is 5. The van der Waals surface area contributed by atoms with Gasteiger partial charge in [0.05, 0.1) is 13.2 Å². The first-order chi connectivity index (χ1) is 14.7. The minimum Gasteiger partial charge on any atom is -0.457 e. The van der Waals surface area contributed by atoms with E-state index in [1.807, 2.05) is 0 Å². The number of hydrogen-bond donors (Lipinski definition) is 3. The van der Waals surface area contributed by atoms with Gasteiger partial charge in [-0.25, -0.2) is 0 Å². The van der Waals surface area contributed by atoms with E-state index < -0.39 is 31.4 Å². The van der Waals surface area contributed by atoms with Gasteiger partial charge >= 0.3 is 5.97 Å². The Hall–Kier alpha value is -0.650. The molecule has 3 N–H and O–H groups in total. The maximum absolute atomic E-state index is 11.8. The fourth-order valence-electron chi connectivity index (χ4n) is 4.11. The van der Waals surface area contributed by atoms with Gasteiger partial charge in [-0.3, -0.25) is 4.79 Å². The Morgan fingerprint density at radius 3 is 1.48 bits per heavy atom. The molecule has 0 aliphatic heterocycles. The van der Waals surface area contributed by atoms with Crippen LogP contribution in [0, 0.1) is 23.7 Å². The van der Waals surface area contributed by atoms with Crippen LogP contribution < -0.4 is 0 Å². The van der Waals surface area contributed by atoms with Crippen LogP contribution in [0.5, 0.6) is 0 Å². The maximum Gasteiger partial charge on any atom is 0.306 e. The number of rotatable bonds is 20. The van der Waals surface area contributed by atoms with E-state index >= 15 is 0 Å². The first kappa shape index (κ1) is 30.4. The molecule has 0 bridgehead atoms. The second-order valence-corrected chi connectivity index (χ2v) is 10.4. The van der Waals surface area contributed by atoms with E-state index in [2.05, 4.69) is 34.6 Å². The summed E-state index contributed by atoms with van der Waals surface area (Å²) in [6, 6.07) is 0. The van der Waals surface area contributed by atoms with Crippen molar-refractivity contribution in [3.63, 3.8) is 0 Å². The number of esters is 1. The molecule has 0 aromatic rings. The van der Waals surface area contributed by atoms with Gasteiger partial charge in [-0.2, -0.15) is 0 Å². The third kappa shape index (κ3) is 17.6. The van der Waals surface area contributed by atoms with Crippen molar-refractivity contribution in [1.82, 2.24) is 0 Å². The normalized spacial score (nSPS) is 16.7. The smallest absolute Gasteiger partial charge is 0.306 e. The van der Waals surface area contributed by atoms with E-state index in [0.29, 0.717) is 5.92 Å². The molecule has 31 heavy (non-hydrogen) atoms. The van der Waals surface area contributed by atoms with E-state index in [-0.39, 0.29) is 6.42 Å². The van der Waals surface area contributed by atoms with E-state index in [1.54, 1.807) is 0 Å². The predicted molar refractivity (Wildman–Crippen MR) is 128 cm³/mol. The lowest BCUT2D eigenvalue weighted by Gasteiger charge is -2.19. The van der Waals surface area contributed by atoms with Crippen LogP contribution >= 0.6 is 0 Å². The molecule has 0 aromatic carbocycles. The number of aliphatic hydroxyl groups is 3. The molecule has 0 aliphatic carbocycles. The van der Waals surface area contributed by atoms with Crippen molar-refractivity contribution in [2.45, 2.75) is 124 Å². The molecule has 0 rings (SSSR count). The van der Waals surface area contributed by atoms with Gasteiger partial charge in [0.25, 0.3) is 0 Å². The molecule has 0 amide bonds. The summed E-state index contributed by atoms with van der Waals surface area (Å²) in [5.74, 6) is 2.63. The van der Waals surface area contributed by atoms with Crippen molar-refractivity contribution in [3.05, 3.63) is 0 Å². The number of ether oxygens (including phenoxy) is 1. The summed E-state index contributed by atoms with van der Waals surface area (Å²) < 4.78 is 5.03. The SMILES string of the molecule is CC(C)CCCC(C)CCCC(C)CCCC(C)CCCC(=O)O[C@@H](CO)[C@H](O)CO. The highest BCUT2D eigenvalue weighted by Crippen LogP contribution is 2.23. The Labute approximate surface area is 192 Å². The predicted octanol–water partition coefficient (Wildman–Crippen LogP) is 5.49. The van der Waals surface area contributed by atoms with Crippen LogP contribution in [0.25, 0.3) is 0 Å². The molecule has 0 heterocycles. The summed E-state index contributed by atoms with van der Waals surface area (Å²) in [6.45, 7) is 10.6. The quantitative estimate of drug-likeness (QED) is 0.216. The first-order valence-electron chi connectivity index (χ1n) is 12.8. The largest absolute Gasteiger partial charge is 0.457 e. The Morgan fingerprint density at radius 1 is 0.677 bits per heavy atom. The molecule has 5 nitrogen and oxygen atoms in total. The molecule has 0 saturated carbocycles. The Kier molecular flexibility index (Phi) is 18.5. The van der Waals surface area contributed by atoms with Crippen molar-refractivity contribution in [2.24, 2.45) is 23.7 Å². The highest BCUT2D eigenvalue weighted by Gasteiger charge is 2.21. The van der Waals surface area contributed by atoms with Crippen LogP contribution in [0.15, 0.2) is 0 Å². The third-order valence-corrected chi connectivity index (χ3v) is 6.42. The van der Waals surface area contributed by atoms with E-state index in [1.165, 1.54) is 57.8 Å². The molecular weight excluding hydrogens is 392 g/mol. The van der Waals surface area contributed by atoms with Crippen molar-refractivity contribution >= 4 is 5.97 Å². The summed E-state index contributed by atoms with van der Waals surface area (Å²) in [7, 11) is 0. The minimum atomic E-state index is -1.23. The van der Waals surface area contributed by atoms with Crippen molar-refractivity contribution in [3.8, 4) is 0 Å². The lowest BCUT2D eigenvalue weighted by molar-refractivity contribution is -0.160. The lowest BCUT2D eigenvalue weighted by atomic mass is 9.90. The summed E-state index contributed by atoms with van der Waals surface area (Å²) in [4.78, 5) is 11.8. The van der Waals surface area contributed by atoms with Gasteiger partial charge in [0.15, 0.2) is 6.10 Å². The highest BCUT2D eigenvalue weighted by molar-refractivity contribution is 5.69. The number of aliphatic hydroxyl groups excluding tert-OH is 3. The molecule has 0 aliphatic rings. The molecule has 0 saturated heterocycles. The zero-order chi connectivity index (χ0) is 23.6. The van der Waals surface area contributed by atoms with Crippen LogP contribution in [0.4, 0.5) is 0 Å². The Morgan fingerprint density at radius 2 is 1.10 bits per heavy atom. The Bertz CT molecular complexity index is 426. The van der Waals surface area contributed by atoms with Gasteiger partial charge in [-0.1, -0.05) is 98.8 Å². The maximum atomic E-state index is 11.8. The third-order valence-electron chi connectivity index (χ3n) is 6.42. The number of carbonyl (C=O) groups is 1. The van der Waals surface area contributed by atoms with Crippen molar-refractivity contribution < 1.29 is 24.9 Å². The minimum absolute atomic E-state index is 0.282. The molecule has 0 fully saturated rings. The second kappa shape index (κ2) is 18.9. The van der Waals surface area contributed by atoms with Crippen LogP contribution in [0.2, 0.25) is 0 Å². The van der Waals surface area contributed by atoms with Crippen molar-refractivity contribution in [2.75, 3.05) is 13.2 Å². The fraction of sp³-hybridized carbons (Fsp3) is 0.962. The lowest BCUT2D eigenvalue weighted by Crippen LogP contribution is -2.36. The average molecular weight is 445 g/mol. The van der Waals surface area contributed by atoms with E-state index in [0.717, 1.165) is 30.6 Å². The molecule has 0 radical (unpaired) electrons. The van der Waals surface area contributed by atoms with Crippen LogP contribution in [0.1, 0.15) is 112 Å². The topological polar surface area (TPSA) is 87.0 Å². The summed E-state index contributed by atoms with van der Waals surface area (Å²) >= 11 is 0. The van der Waals surface area contributed by atoms with Gasteiger partial charge in [-0.05, 0) is 30.1 Å². The van der Waals surface area contributed by atoms with Gasteiger partial charge in [0.1, 0.15) is 6.10 Å². The molecule has 5 atom stereocenters. The van der Waals surface area contributed by atoms with E-state index in [9.17, 15) is 9.90 Å². The van der Waals surface area contributed by atoms with Gasteiger partial charge < -0.3 is 20.1 Å². The Balaban J connectivity index is 3.75. The molecule has 0 spiro atoms. The molecular formula is C26H52O5. The summed E-state index contributed by atoms with van der Waals surface area (Å²) in [6.07, 6.45) is 11.6. The summed E-state index contributed by atoms with van der Waals surface area (Å²) in [5.41, 5.74) is 0. The van der Waals surface area contributed by atoms with E-state index in [4.69, 9.17) is 14.9 Å². The number of carbonyl (C=O) groups excluding carboxylic acids is 1. The first-order valence-corrected chi connectivity index (χ1v) is 12.8. The van der Waals surface area contributed by atoms with Crippen LogP contribution in [-0.4, -0.2) is 46.7 Å². The zero-order valence-electron chi connectivity index (χ0n) is 21.0. The van der Waals surface area contributed by atoms with Gasteiger partial charge in [0.2, 0.25) is 0 Å². The fourth-order valence-corrected chi connectivity index (χ4v) is 4.11. The molecule has 0 aromatic heterocycles. The van der Waals surface area contributed by atoms with Crippen LogP contribution in [-0.2, 0) is 9.53 Å². The second-order valence-electron chi connectivity index (χ2n) is 10.4. The summed E-state index contributed by atoms with van der Waals surface area (Å²) in [5, 5.41) is 27.5. The molecule has 186 valence electrons. The monoisotopic (exact) mass is 444 g/mol. The van der Waals surface area contributed by atoms with Gasteiger partial charge in [0, 0.05) is 6.42 Å². The standard InChI is InChI=1S/C26H52O5/c1-20(2)10-6-11-21(3)12-7-13-22(4)14-8-15-23(5)16-9-17-26(30)31-25(19-28)24(29)18-27/h20-25,27-29H,6-19H2,1-5H3/t21?,22?,23?,24-,25+/m1/s1. The highest BCUT2D eigenvalue weighted by atomic mass is 16.6. The van der Waals surface area contributed by atoms with Gasteiger partial charge in [-0.15, -0.1) is 0 Å². The average Bonchev–Trinajstić information content (AvgIpc) is 2.71. The van der Waals surface area contributed by atoms with Crippen molar-refractivity contribution in [1.29, 1.82) is 0 Å². The molecule has 3 unspecified atom stereocenters. The van der Waals surface area contributed by atoms with Crippen LogP contribution in [0.3, 0.4) is 0 Å². The zero-order valence-corrected chi connectivity index (χ0v) is 21.0. The molecule has 5 heteroatoms.